The minimum Gasteiger partial charge on any atom is -0.481 e. The molecule has 9 heteroatoms. The van der Waals surface area contributed by atoms with E-state index in [1.165, 1.54) is 6.33 Å². The molecule has 0 aliphatic carbocycles. The maximum Gasteiger partial charge on any atom is 0.317 e. The molecule has 0 aliphatic rings. The van der Waals surface area contributed by atoms with Crippen LogP contribution in [0.15, 0.2) is 6.33 Å². The summed E-state index contributed by atoms with van der Waals surface area (Å²) in [6, 6.07) is 0. The van der Waals surface area contributed by atoms with Gasteiger partial charge in [0, 0.05) is 5.69 Å². The highest BCUT2D eigenvalue weighted by Crippen LogP contribution is 2.04. The number of aliphatic carboxylic acids is 3. The van der Waals surface area contributed by atoms with Crippen molar-refractivity contribution in [2.24, 2.45) is 5.73 Å². The van der Waals surface area contributed by atoms with Crippen LogP contribution in [0.5, 0.6) is 0 Å². The van der Waals surface area contributed by atoms with Crippen LogP contribution >= 0.6 is 0 Å². The fourth-order valence-corrected chi connectivity index (χ4v) is 0.949. The van der Waals surface area contributed by atoms with Crippen LogP contribution in [0, 0.1) is 0 Å². The Kier molecular flexibility index (Phi) is 6.74. The van der Waals surface area contributed by atoms with Gasteiger partial charge in [0.25, 0.3) is 0 Å². The van der Waals surface area contributed by atoms with E-state index in [0.29, 0.717) is 5.69 Å². The molecular formula is C9H13N3O6. The molecule has 0 spiro atoms. The quantitative estimate of drug-likeness (QED) is 0.434. The number of hydrogen-bond acceptors (Lipinski definition) is 5. The summed E-state index contributed by atoms with van der Waals surface area (Å²) in [6.07, 6.45) is 0.797. The summed E-state index contributed by atoms with van der Waals surface area (Å²) in [5.41, 5.74) is 5.19. The molecule has 0 atom stereocenters. The van der Waals surface area contributed by atoms with E-state index in [2.05, 4.69) is 15.7 Å². The zero-order chi connectivity index (χ0) is 14.1. The predicted molar refractivity (Wildman–Crippen MR) is 58.0 cm³/mol. The number of rotatable bonds is 5. The van der Waals surface area contributed by atoms with Gasteiger partial charge in [0.05, 0.1) is 31.4 Å². The summed E-state index contributed by atoms with van der Waals surface area (Å²) < 4.78 is 0. The number of carbonyl (C=O) groups is 3. The van der Waals surface area contributed by atoms with Crippen LogP contribution in [0.4, 0.5) is 0 Å². The molecule has 0 fully saturated rings. The number of aromatic nitrogens is 2. The average molecular weight is 259 g/mol. The number of hydrogen-bond donors (Lipinski definition) is 5. The van der Waals surface area contributed by atoms with Gasteiger partial charge in [0.1, 0.15) is 0 Å². The van der Waals surface area contributed by atoms with Crippen molar-refractivity contribution in [2.45, 2.75) is 12.8 Å². The van der Waals surface area contributed by atoms with E-state index >= 15 is 0 Å². The normalized spacial score (nSPS) is 9.17. The van der Waals surface area contributed by atoms with Gasteiger partial charge in [0.15, 0.2) is 0 Å². The lowest BCUT2D eigenvalue weighted by Gasteiger charge is -1.95. The molecule has 0 saturated carbocycles. The lowest BCUT2D eigenvalue weighted by Crippen LogP contribution is -2.10. The van der Waals surface area contributed by atoms with Gasteiger partial charge in [-0.25, -0.2) is 4.98 Å². The van der Waals surface area contributed by atoms with Gasteiger partial charge in [-0.05, 0) is 0 Å². The van der Waals surface area contributed by atoms with E-state index in [0.717, 1.165) is 0 Å². The second-order valence-electron chi connectivity index (χ2n) is 3.07. The molecule has 0 bridgehead atoms. The Morgan fingerprint density at radius 1 is 1.11 bits per heavy atom. The van der Waals surface area contributed by atoms with Crippen molar-refractivity contribution in [1.82, 2.24) is 9.97 Å². The Bertz CT molecular complexity index is 397. The maximum atomic E-state index is 10.3. The minimum atomic E-state index is -1.03. The topological polar surface area (TPSA) is 167 Å². The molecule has 0 aliphatic heterocycles. The van der Waals surface area contributed by atoms with E-state index in [1.807, 2.05) is 0 Å². The lowest BCUT2D eigenvalue weighted by atomic mass is 10.2. The molecule has 1 aromatic rings. The molecule has 9 nitrogen and oxygen atoms in total. The highest BCUT2D eigenvalue weighted by Gasteiger charge is 2.11. The van der Waals surface area contributed by atoms with Crippen molar-refractivity contribution in [3.63, 3.8) is 0 Å². The van der Waals surface area contributed by atoms with Crippen LogP contribution in [0.2, 0.25) is 0 Å². The van der Waals surface area contributed by atoms with E-state index in [-0.39, 0.29) is 25.1 Å². The molecule has 1 heterocycles. The molecule has 0 radical (unpaired) electrons. The standard InChI is InChI=1S/C7H8N2O4.C2H5NO2/c10-6(11)1-4-5(2-7(12)13)9-3-8-4;3-1-2(4)5/h3H,1-2H2,(H,8,9)(H,10,11)(H,12,13);1,3H2,(H,4,5). The Morgan fingerprint density at radius 2 is 1.61 bits per heavy atom. The van der Waals surface area contributed by atoms with Crippen molar-refractivity contribution in [3.05, 3.63) is 17.7 Å². The predicted octanol–water partition coefficient (Wildman–Crippen LogP) is -1.31. The largest absolute Gasteiger partial charge is 0.481 e. The smallest absolute Gasteiger partial charge is 0.317 e. The minimum absolute atomic E-state index is 0.234. The van der Waals surface area contributed by atoms with Crippen LogP contribution in [-0.2, 0) is 27.2 Å². The van der Waals surface area contributed by atoms with Gasteiger partial charge in [-0.15, -0.1) is 0 Å². The van der Waals surface area contributed by atoms with Crippen LogP contribution in [-0.4, -0.2) is 49.7 Å². The van der Waals surface area contributed by atoms with Gasteiger partial charge in [-0.1, -0.05) is 0 Å². The first-order valence-corrected chi connectivity index (χ1v) is 4.73. The van der Waals surface area contributed by atoms with E-state index in [1.54, 1.807) is 0 Å². The molecule has 0 unspecified atom stereocenters. The molecule has 100 valence electrons. The zero-order valence-electron chi connectivity index (χ0n) is 9.29. The summed E-state index contributed by atoms with van der Waals surface area (Å²) in [4.78, 5) is 36.2. The summed E-state index contributed by atoms with van der Waals surface area (Å²) in [5.74, 6) is -3.01. The SMILES string of the molecule is NCC(=O)O.O=C(O)Cc1nc[nH]c1CC(=O)O. The molecule has 6 N–H and O–H groups in total. The Morgan fingerprint density at radius 3 is 2.00 bits per heavy atom. The fraction of sp³-hybridized carbons (Fsp3) is 0.333. The van der Waals surface area contributed by atoms with Crippen LogP contribution in [0.3, 0.4) is 0 Å². The molecule has 1 rings (SSSR count). The molecular weight excluding hydrogens is 246 g/mol. The van der Waals surface area contributed by atoms with E-state index in [4.69, 9.17) is 15.3 Å². The number of carboxylic acid groups (broad SMARTS) is 3. The van der Waals surface area contributed by atoms with E-state index in [9.17, 15) is 14.4 Å². The van der Waals surface area contributed by atoms with E-state index < -0.39 is 17.9 Å². The Labute approximate surface area is 101 Å². The number of aromatic amines is 1. The third-order valence-corrected chi connectivity index (χ3v) is 1.63. The first-order chi connectivity index (χ1) is 8.36. The second-order valence-corrected chi connectivity index (χ2v) is 3.07. The van der Waals surface area contributed by atoms with Gasteiger partial charge >= 0.3 is 17.9 Å². The molecule has 1 aromatic heterocycles. The van der Waals surface area contributed by atoms with Gasteiger partial charge in [0.2, 0.25) is 0 Å². The zero-order valence-corrected chi connectivity index (χ0v) is 9.29. The molecule has 0 saturated heterocycles. The van der Waals surface area contributed by atoms with Gasteiger partial charge in [-0.2, -0.15) is 0 Å². The number of carboxylic acids is 3. The second kappa shape index (κ2) is 7.79. The van der Waals surface area contributed by atoms with Crippen LogP contribution in [0.25, 0.3) is 0 Å². The molecule has 18 heavy (non-hydrogen) atoms. The summed E-state index contributed by atoms with van der Waals surface area (Å²) in [6.45, 7) is -0.278. The fourth-order valence-electron chi connectivity index (χ4n) is 0.949. The molecule has 0 aromatic carbocycles. The van der Waals surface area contributed by atoms with Crippen molar-refractivity contribution < 1.29 is 29.7 Å². The van der Waals surface area contributed by atoms with Crippen LogP contribution in [0.1, 0.15) is 11.4 Å². The number of nitrogens with two attached hydrogens (primary N) is 1. The third kappa shape index (κ3) is 6.95. The highest BCUT2D eigenvalue weighted by molar-refractivity contribution is 5.72. The summed E-state index contributed by atoms with van der Waals surface area (Å²) in [7, 11) is 0. The Hall–Kier alpha value is -2.42. The number of nitrogens with zero attached hydrogens (tertiary/aromatic N) is 1. The van der Waals surface area contributed by atoms with Crippen molar-refractivity contribution >= 4 is 17.9 Å². The summed E-state index contributed by atoms with van der Waals surface area (Å²) in [5, 5.41) is 24.5. The monoisotopic (exact) mass is 259 g/mol. The number of imidazole rings is 1. The van der Waals surface area contributed by atoms with Gasteiger partial charge in [-0.3, -0.25) is 14.4 Å². The van der Waals surface area contributed by atoms with Crippen molar-refractivity contribution in [2.75, 3.05) is 6.54 Å². The number of H-pyrrole nitrogens is 1. The summed E-state index contributed by atoms with van der Waals surface area (Å²) >= 11 is 0. The highest BCUT2D eigenvalue weighted by atomic mass is 16.4. The van der Waals surface area contributed by atoms with Crippen molar-refractivity contribution in [3.8, 4) is 0 Å². The number of nitrogens with one attached hydrogen (secondary N) is 1. The average Bonchev–Trinajstić information content (AvgIpc) is 2.65. The first-order valence-electron chi connectivity index (χ1n) is 4.73. The lowest BCUT2D eigenvalue weighted by molar-refractivity contribution is -0.137. The Balaban J connectivity index is 0.000000494. The maximum absolute atomic E-state index is 10.3. The first kappa shape index (κ1) is 15.6. The van der Waals surface area contributed by atoms with Gasteiger partial charge < -0.3 is 26.0 Å². The van der Waals surface area contributed by atoms with Crippen molar-refractivity contribution in [1.29, 1.82) is 0 Å². The van der Waals surface area contributed by atoms with Crippen LogP contribution < -0.4 is 5.73 Å². The third-order valence-electron chi connectivity index (χ3n) is 1.63. The molecule has 0 amide bonds.